The highest BCUT2D eigenvalue weighted by Crippen LogP contribution is 2.28. The first-order valence-corrected chi connectivity index (χ1v) is 9.46. The highest BCUT2D eigenvalue weighted by atomic mass is 16.3. The summed E-state index contributed by atoms with van der Waals surface area (Å²) >= 11 is 0. The third-order valence-electron chi connectivity index (χ3n) is 5.13. The number of nitrogens with one attached hydrogen (secondary N) is 1. The fourth-order valence-corrected chi connectivity index (χ4v) is 3.65. The number of hydrogen-bond donors (Lipinski definition) is 2. The second-order valence-electron chi connectivity index (χ2n) is 7.10. The van der Waals surface area contributed by atoms with Gasteiger partial charge >= 0.3 is 0 Å². The highest BCUT2D eigenvalue weighted by molar-refractivity contribution is 6.03. The standard InChI is InChI=1S/C23H22N2O3/c26-21-9-4-12-25(21)15-17-6-3-5-16(13-17)14-24-23(28)20-11-10-18-7-1-2-8-19(18)22(20)27/h1-3,5-8,10-11,13,27H,4,9,12,14-15H2,(H,24,28). The molecule has 0 spiro atoms. The fourth-order valence-electron chi connectivity index (χ4n) is 3.65. The number of rotatable bonds is 5. The van der Waals surface area contributed by atoms with Gasteiger partial charge < -0.3 is 15.3 Å². The second-order valence-corrected chi connectivity index (χ2v) is 7.10. The molecule has 1 fully saturated rings. The lowest BCUT2D eigenvalue weighted by atomic mass is 10.0. The molecule has 5 heteroatoms. The van der Waals surface area contributed by atoms with Gasteiger partial charge in [0.25, 0.3) is 5.91 Å². The van der Waals surface area contributed by atoms with Crippen molar-refractivity contribution in [1.29, 1.82) is 0 Å². The Morgan fingerprint density at radius 3 is 2.68 bits per heavy atom. The molecule has 0 aliphatic carbocycles. The summed E-state index contributed by atoms with van der Waals surface area (Å²) in [4.78, 5) is 26.2. The first kappa shape index (κ1) is 18.0. The first-order chi connectivity index (χ1) is 13.6. The van der Waals surface area contributed by atoms with Crippen molar-refractivity contribution in [3.63, 3.8) is 0 Å². The van der Waals surface area contributed by atoms with E-state index in [0.29, 0.717) is 24.9 Å². The van der Waals surface area contributed by atoms with Crippen LogP contribution in [0.1, 0.15) is 34.3 Å². The van der Waals surface area contributed by atoms with Crippen molar-refractivity contribution >= 4 is 22.6 Å². The Morgan fingerprint density at radius 1 is 1.04 bits per heavy atom. The van der Waals surface area contributed by atoms with Crippen LogP contribution in [-0.2, 0) is 17.9 Å². The predicted octanol–water partition coefficient (Wildman–Crippen LogP) is 3.60. The monoisotopic (exact) mass is 374 g/mol. The number of nitrogens with zero attached hydrogens (tertiary/aromatic N) is 1. The molecule has 0 bridgehead atoms. The van der Waals surface area contributed by atoms with Crippen LogP contribution < -0.4 is 5.32 Å². The maximum atomic E-state index is 12.6. The van der Waals surface area contributed by atoms with Crippen molar-refractivity contribution in [1.82, 2.24) is 10.2 Å². The van der Waals surface area contributed by atoms with E-state index in [1.54, 1.807) is 12.1 Å². The minimum atomic E-state index is -0.316. The van der Waals surface area contributed by atoms with Crippen LogP contribution in [-0.4, -0.2) is 28.4 Å². The predicted molar refractivity (Wildman–Crippen MR) is 108 cm³/mol. The lowest BCUT2D eigenvalue weighted by Crippen LogP contribution is -2.24. The van der Waals surface area contributed by atoms with Crippen molar-refractivity contribution in [2.75, 3.05) is 6.54 Å². The van der Waals surface area contributed by atoms with E-state index in [4.69, 9.17) is 0 Å². The van der Waals surface area contributed by atoms with E-state index in [1.807, 2.05) is 53.4 Å². The first-order valence-electron chi connectivity index (χ1n) is 9.46. The van der Waals surface area contributed by atoms with E-state index in [1.165, 1.54) is 0 Å². The number of fused-ring (bicyclic) bond motifs is 1. The van der Waals surface area contributed by atoms with Crippen LogP contribution in [0.15, 0.2) is 60.7 Å². The quantitative estimate of drug-likeness (QED) is 0.717. The molecule has 142 valence electrons. The third-order valence-corrected chi connectivity index (χ3v) is 5.13. The van der Waals surface area contributed by atoms with Crippen molar-refractivity contribution in [2.45, 2.75) is 25.9 Å². The molecule has 3 aromatic rings. The molecule has 0 radical (unpaired) electrons. The summed E-state index contributed by atoms with van der Waals surface area (Å²) in [5.41, 5.74) is 2.27. The van der Waals surface area contributed by atoms with Crippen molar-refractivity contribution < 1.29 is 14.7 Å². The number of phenolic OH excluding ortho intramolecular Hbond substituents is 1. The molecular weight excluding hydrogens is 352 g/mol. The molecule has 0 atom stereocenters. The van der Waals surface area contributed by atoms with E-state index in [2.05, 4.69) is 5.32 Å². The molecule has 1 heterocycles. The average Bonchev–Trinajstić information content (AvgIpc) is 3.11. The number of amides is 2. The highest BCUT2D eigenvalue weighted by Gasteiger charge is 2.20. The molecule has 1 aliphatic heterocycles. The van der Waals surface area contributed by atoms with Gasteiger partial charge in [-0.3, -0.25) is 9.59 Å². The number of likely N-dealkylation sites (tertiary alicyclic amines) is 1. The minimum Gasteiger partial charge on any atom is -0.506 e. The number of phenols is 1. The Kier molecular flexibility index (Phi) is 4.98. The van der Waals surface area contributed by atoms with Gasteiger partial charge in [0, 0.05) is 31.4 Å². The van der Waals surface area contributed by atoms with E-state index in [-0.39, 0.29) is 23.1 Å². The van der Waals surface area contributed by atoms with Gasteiger partial charge in [-0.15, -0.1) is 0 Å². The molecule has 5 nitrogen and oxygen atoms in total. The summed E-state index contributed by atoms with van der Waals surface area (Å²) < 4.78 is 0. The molecule has 3 aromatic carbocycles. The van der Waals surface area contributed by atoms with Crippen LogP contribution >= 0.6 is 0 Å². The SMILES string of the molecule is O=C(NCc1cccc(CN2CCCC2=O)c1)c1ccc2ccccc2c1O. The number of hydrogen-bond acceptors (Lipinski definition) is 3. The molecule has 0 saturated carbocycles. The molecular formula is C23H22N2O3. The van der Waals surface area contributed by atoms with Crippen LogP contribution in [0, 0.1) is 0 Å². The van der Waals surface area contributed by atoms with E-state index < -0.39 is 0 Å². The fraction of sp³-hybridized carbons (Fsp3) is 0.217. The van der Waals surface area contributed by atoms with Crippen LogP contribution in [0.25, 0.3) is 10.8 Å². The maximum Gasteiger partial charge on any atom is 0.255 e. The maximum absolute atomic E-state index is 12.6. The molecule has 2 N–H and O–H groups in total. The Labute approximate surface area is 163 Å². The van der Waals surface area contributed by atoms with Crippen LogP contribution in [0.3, 0.4) is 0 Å². The normalized spacial score (nSPS) is 13.9. The summed E-state index contributed by atoms with van der Waals surface area (Å²) in [6.45, 7) is 1.76. The van der Waals surface area contributed by atoms with E-state index in [0.717, 1.165) is 29.5 Å². The Balaban J connectivity index is 1.44. The summed E-state index contributed by atoms with van der Waals surface area (Å²) in [5.74, 6) is -0.120. The molecule has 28 heavy (non-hydrogen) atoms. The zero-order chi connectivity index (χ0) is 19.5. The zero-order valence-electron chi connectivity index (χ0n) is 15.5. The Morgan fingerprint density at radius 2 is 1.86 bits per heavy atom. The second kappa shape index (κ2) is 7.72. The van der Waals surface area contributed by atoms with Crippen LogP contribution in [0.4, 0.5) is 0 Å². The van der Waals surface area contributed by atoms with Crippen molar-refractivity contribution in [3.05, 3.63) is 77.4 Å². The molecule has 0 aromatic heterocycles. The van der Waals surface area contributed by atoms with Gasteiger partial charge in [0.1, 0.15) is 5.75 Å². The van der Waals surface area contributed by atoms with Gasteiger partial charge in [-0.1, -0.05) is 54.6 Å². The average molecular weight is 374 g/mol. The van der Waals surface area contributed by atoms with Gasteiger partial charge in [-0.05, 0) is 29.0 Å². The van der Waals surface area contributed by atoms with Crippen LogP contribution in [0.2, 0.25) is 0 Å². The molecule has 2 amide bonds. The summed E-state index contributed by atoms with van der Waals surface area (Å²) in [7, 11) is 0. The van der Waals surface area contributed by atoms with Gasteiger partial charge in [-0.2, -0.15) is 0 Å². The van der Waals surface area contributed by atoms with Gasteiger partial charge in [0.05, 0.1) is 5.56 Å². The lowest BCUT2D eigenvalue weighted by Gasteiger charge is -2.16. The molecule has 1 aliphatic rings. The summed E-state index contributed by atoms with van der Waals surface area (Å²) in [5, 5.41) is 14.9. The van der Waals surface area contributed by atoms with Crippen LogP contribution in [0.5, 0.6) is 5.75 Å². The van der Waals surface area contributed by atoms with Gasteiger partial charge in [0.2, 0.25) is 5.91 Å². The number of benzene rings is 3. The molecule has 1 saturated heterocycles. The Bertz CT molecular complexity index is 1040. The van der Waals surface area contributed by atoms with Crippen molar-refractivity contribution in [3.8, 4) is 5.75 Å². The summed E-state index contributed by atoms with van der Waals surface area (Å²) in [6.07, 6.45) is 1.55. The zero-order valence-corrected chi connectivity index (χ0v) is 15.5. The lowest BCUT2D eigenvalue weighted by molar-refractivity contribution is -0.128. The molecule has 0 unspecified atom stereocenters. The topological polar surface area (TPSA) is 69.6 Å². The molecule has 4 rings (SSSR count). The smallest absolute Gasteiger partial charge is 0.255 e. The van der Waals surface area contributed by atoms with Crippen molar-refractivity contribution in [2.24, 2.45) is 0 Å². The number of carbonyl (C=O) groups is 2. The van der Waals surface area contributed by atoms with Gasteiger partial charge in [0.15, 0.2) is 0 Å². The minimum absolute atomic E-state index is 0.00287. The summed E-state index contributed by atoms with van der Waals surface area (Å²) in [6, 6.07) is 18.8. The van der Waals surface area contributed by atoms with E-state index in [9.17, 15) is 14.7 Å². The van der Waals surface area contributed by atoms with Gasteiger partial charge in [-0.25, -0.2) is 0 Å². The number of aromatic hydroxyl groups is 1. The largest absolute Gasteiger partial charge is 0.506 e. The number of carbonyl (C=O) groups excluding carboxylic acids is 2. The Hall–Kier alpha value is -3.34. The van der Waals surface area contributed by atoms with E-state index >= 15 is 0 Å². The third kappa shape index (κ3) is 3.69.